The van der Waals surface area contributed by atoms with E-state index in [1.54, 1.807) is 30.5 Å². The molecule has 2 aromatic heterocycles. The zero-order valence-electron chi connectivity index (χ0n) is 18.1. The molecule has 2 heterocycles. The highest BCUT2D eigenvalue weighted by atomic mass is 32.2. The molecule has 4 aromatic rings. The van der Waals surface area contributed by atoms with Crippen molar-refractivity contribution < 1.29 is 13.2 Å². The summed E-state index contributed by atoms with van der Waals surface area (Å²) in [4.78, 5) is 21.9. The minimum Gasteiger partial charge on any atom is -0.296 e. The van der Waals surface area contributed by atoms with E-state index in [1.807, 2.05) is 46.5 Å². The molecule has 0 atom stereocenters. The van der Waals surface area contributed by atoms with Gasteiger partial charge in [0.2, 0.25) is 10.0 Å². The van der Waals surface area contributed by atoms with Crippen molar-refractivity contribution in [2.75, 3.05) is 29.2 Å². The van der Waals surface area contributed by atoms with Crippen molar-refractivity contribution in [2.45, 2.75) is 5.16 Å². The molecule has 0 saturated carbocycles. The highest BCUT2D eigenvalue weighted by Gasteiger charge is 2.19. The zero-order chi connectivity index (χ0) is 23.6. The van der Waals surface area contributed by atoms with Crippen LogP contribution in [0.15, 0.2) is 71.3 Å². The molecule has 2 aromatic carbocycles. The molecular weight excluding hydrogens is 478 g/mol. The third-order valence-corrected chi connectivity index (χ3v) is 7.52. The first-order valence-corrected chi connectivity index (χ1v) is 13.7. The molecular formula is C22H21N5O3S3. The van der Waals surface area contributed by atoms with E-state index in [1.165, 1.54) is 34.5 Å². The van der Waals surface area contributed by atoms with Crippen LogP contribution in [0.2, 0.25) is 0 Å². The van der Waals surface area contributed by atoms with Crippen LogP contribution in [0.4, 0.5) is 10.8 Å². The first kappa shape index (κ1) is 23.0. The minimum absolute atomic E-state index is 0.308. The lowest BCUT2D eigenvalue weighted by Gasteiger charge is -2.16. The van der Waals surface area contributed by atoms with Gasteiger partial charge in [0.05, 0.1) is 23.8 Å². The first-order chi connectivity index (χ1) is 15.8. The maximum absolute atomic E-state index is 13.0. The van der Waals surface area contributed by atoms with E-state index in [0.29, 0.717) is 27.4 Å². The minimum atomic E-state index is -3.33. The lowest BCUT2D eigenvalue weighted by atomic mass is 10.1. The van der Waals surface area contributed by atoms with Gasteiger partial charge in [0, 0.05) is 23.7 Å². The van der Waals surface area contributed by atoms with Gasteiger partial charge in [-0.3, -0.25) is 19.0 Å². The predicted octanol–water partition coefficient (Wildman–Crippen LogP) is 4.37. The maximum atomic E-state index is 13.0. The van der Waals surface area contributed by atoms with Crippen LogP contribution in [0.3, 0.4) is 0 Å². The van der Waals surface area contributed by atoms with E-state index >= 15 is 0 Å². The van der Waals surface area contributed by atoms with Crippen LogP contribution < -0.4 is 9.62 Å². The number of rotatable bonds is 7. The number of hydrogen-bond donors (Lipinski definition) is 1. The first-order valence-electron chi connectivity index (χ1n) is 9.76. The van der Waals surface area contributed by atoms with Gasteiger partial charge in [-0.15, -0.1) is 11.3 Å². The number of imidazole rings is 1. The average Bonchev–Trinajstić information content (AvgIpc) is 3.45. The Labute approximate surface area is 200 Å². The van der Waals surface area contributed by atoms with E-state index in [0.717, 1.165) is 17.5 Å². The molecule has 0 unspecified atom stereocenters. The highest BCUT2D eigenvalue weighted by molar-refractivity contribution is 7.98. The molecule has 11 heteroatoms. The second kappa shape index (κ2) is 9.38. The molecule has 1 amide bonds. The van der Waals surface area contributed by atoms with Crippen LogP contribution in [-0.4, -0.2) is 48.4 Å². The third-order valence-electron chi connectivity index (χ3n) is 4.91. The molecule has 0 bridgehead atoms. The van der Waals surface area contributed by atoms with Crippen LogP contribution in [0, 0.1) is 0 Å². The van der Waals surface area contributed by atoms with Crippen LogP contribution in [0.5, 0.6) is 0 Å². The lowest BCUT2D eigenvalue weighted by molar-refractivity contribution is 0.102. The molecule has 0 aliphatic heterocycles. The van der Waals surface area contributed by atoms with Gasteiger partial charge in [-0.05, 0) is 30.5 Å². The second-order valence-corrected chi connectivity index (χ2v) is 10.7. The smallest absolute Gasteiger partial charge is 0.276 e. The van der Waals surface area contributed by atoms with Crippen LogP contribution in [0.1, 0.15) is 10.5 Å². The van der Waals surface area contributed by atoms with Gasteiger partial charge in [-0.2, -0.15) is 0 Å². The van der Waals surface area contributed by atoms with Crippen LogP contribution in [0.25, 0.3) is 16.9 Å². The summed E-state index contributed by atoms with van der Waals surface area (Å²) in [5.41, 5.74) is 3.32. The molecule has 33 heavy (non-hydrogen) atoms. The topological polar surface area (TPSA) is 97.2 Å². The summed E-state index contributed by atoms with van der Waals surface area (Å²) in [5.74, 6) is -0.308. The Balaban J connectivity index is 1.54. The maximum Gasteiger partial charge on any atom is 0.276 e. The van der Waals surface area contributed by atoms with Gasteiger partial charge in [0.15, 0.2) is 10.3 Å². The lowest BCUT2D eigenvalue weighted by Crippen LogP contribution is -2.24. The quantitative estimate of drug-likeness (QED) is 0.379. The molecule has 0 saturated heterocycles. The number of nitrogens with zero attached hydrogens (tertiary/aromatic N) is 4. The van der Waals surface area contributed by atoms with E-state index in [-0.39, 0.29) is 5.91 Å². The number of thioether (sulfide) groups is 1. The fraction of sp³-hybridized carbons (Fsp3) is 0.136. The Hall–Kier alpha value is -3.15. The Morgan fingerprint density at radius 1 is 1.12 bits per heavy atom. The van der Waals surface area contributed by atoms with E-state index in [2.05, 4.69) is 15.3 Å². The molecule has 0 aliphatic rings. The molecule has 0 fully saturated rings. The van der Waals surface area contributed by atoms with Gasteiger partial charge in [-0.1, -0.05) is 42.1 Å². The number of amides is 1. The molecule has 0 radical (unpaired) electrons. The Kier molecular flexibility index (Phi) is 6.54. The number of carbonyl (C=O) groups excluding carboxylic acids is 1. The average molecular weight is 500 g/mol. The van der Waals surface area contributed by atoms with Gasteiger partial charge in [0.1, 0.15) is 5.69 Å². The summed E-state index contributed by atoms with van der Waals surface area (Å²) >= 11 is 2.77. The number of thiazole rings is 1. The van der Waals surface area contributed by atoms with E-state index in [9.17, 15) is 13.2 Å². The van der Waals surface area contributed by atoms with Crippen LogP contribution in [-0.2, 0) is 10.0 Å². The van der Waals surface area contributed by atoms with Gasteiger partial charge in [-0.25, -0.2) is 18.4 Å². The molecule has 1 N–H and O–H groups in total. The van der Waals surface area contributed by atoms with Crippen LogP contribution >= 0.6 is 23.1 Å². The Morgan fingerprint density at radius 2 is 1.82 bits per heavy atom. The van der Waals surface area contributed by atoms with E-state index < -0.39 is 10.0 Å². The summed E-state index contributed by atoms with van der Waals surface area (Å²) in [5, 5.41) is 5.87. The van der Waals surface area contributed by atoms with Crippen molar-refractivity contribution >= 4 is 49.8 Å². The second-order valence-electron chi connectivity index (χ2n) is 7.07. The van der Waals surface area contributed by atoms with Crippen molar-refractivity contribution in [3.05, 3.63) is 71.9 Å². The number of anilines is 2. The molecule has 0 spiro atoms. The monoisotopic (exact) mass is 499 g/mol. The highest BCUT2D eigenvalue weighted by Crippen LogP contribution is 2.28. The van der Waals surface area contributed by atoms with Gasteiger partial charge < -0.3 is 0 Å². The van der Waals surface area contributed by atoms with E-state index in [4.69, 9.17) is 0 Å². The van der Waals surface area contributed by atoms with Crippen molar-refractivity contribution in [3.63, 3.8) is 0 Å². The number of sulfonamides is 1. The number of benzene rings is 2. The third kappa shape index (κ3) is 4.95. The Morgan fingerprint density at radius 3 is 2.45 bits per heavy atom. The van der Waals surface area contributed by atoms with Crippen molar-refractivity contribution in [2.24, 2.45) is 0 Å². The van der Waals surface area contributed by atoms with Crippen molar-refractivity contribution in [3.8, 4) is 16.9 Å². The van der Waals surface area contributed by atoms with Crippen molar-refractivity contribution in [1.82, 2.24) is 14.5 Å². The van der Waals surface area contributed by atoms with Gasteiger partial charge >= 0.3 is 0 Å². The molecule has 8 nitrogen and oxygen atoms in total. The number of nitrogens with one attached hydrogen (secondary N) is 1. The summed E-state index contributed by atoms with van der Waals surface area (Å²) in [7, 11) is -1.83. The SMILES string of the molecule is CSc1ncc(C(=O)Nc2nc(-c3ccc(N(C)S(C)(=O)=O)cc3)cs2)n1-c1ccccc1. The largest absolute Gasteiger partial charge is 0.296 e. The van der Waals surface area contributed by atoms with Crippen molar-refractivity contribution in [1.29, 1.82) is 0 Å². The zero-order valence-corrected chi connectivity index (χ0v) is 20.5. The number of para-hydroxylation sites is 1. The normalized spacial score (nSPS) is 11.4. The Bertz CT molecular complexity index is 1380. The summed E-state index contributed by atoms with van der Waals surface area (Å²) in [6.07, 6.45) is 4.62. The number of aromatic nitrogens is 3. The molecule has 170 valence electrons. The molecule has 4 rings (SSSR count). The fourth-order valence-corrected chi connectivity index (χ4v) is 4.89. The fourth-order valence-electron chi connectivity index (χ4n) is 3.12. The number of hydrogen-bond acceptors (Lipinski definition) is 7. The number of carbonyl (C=O) groups is 1. The standard InChI is InChI=1S/C22H21N5O3S3/c1-26(33(3,29)30)16-11-9-15(10-12-16)18-14-32-21(24-18)25-20(28)19-13-23-22(31-2)27(19)17-7-5-4-6-8-17/h4-14H,1-3H3,(H,24,25,28). The summed E-state index contributed by atoms with van der Waals surface area (Å²) < 4.78 is 26.4. The predicted molar refractivity (Wildman–Crippen MR) is 134 cm³/mol. The summed E-state index contributed by atoms with van der Waals surface area (Å²) in [6, 6.07) is 16.6. The molecule has 0 aliphatic carbocycles. The van der Waals surface area contributed by atoms with Gasteiger partial charge in [0.25, 0.3) is 5.91 Å². The summed E-state index contributed by atoms with van der Waals surface area (Å²) in [6.45, 7) is 0.